The minimum atomic E-state index is 0.202. The highest BCUT2D eigenvalue weighted by Gasteiger charge is 2.27. The van der Waals surface area contributed by atoms with Crippen LogP contribution in [-0.2, 0) is 9.53 Å². The van der Waals surface area contributed by atoms with Crippen molar-refractivity contribution in [3.8, 4) is 0 Å². The van der Waals surface area contributed by atoms with Gasteiger partial charge in [0.1, 0.15) is 0 Å². The van der Waals surface area contributed by atoms with Crippen molar-refractivity contribution in [3.05, 3.63) is 0 Å². The van der Waals surface area contributed by atoms with Crippen molar-refractivity contribution >= 4 is 5.91 Å². The molecule has 2 unspecified atom stereocenters. The standard InChI is InChI=1S/C12H24N2O2/c1-4-14(7-8-16-3)12(15)11-5-6-13-10(2)9-11/h10-11,13H,4-9H2,1-3H3. The molecule has 0 aromatic heterocycles. The number of piperidine rings is 1. The quantitative estimate of drug-likeness (QED) is 0.759. The maximum atomic E-state index is 12.2. The molecule has 1 amide bonds. The number of methoxy groups -OCH3 is 1. The lowest BCUT2D eigenvalue weighted by atomic mass is 9.92. The summed E-state index contributed by atoms with van der Waals surface area (Å²) in [4.78, 5) is 14.1. The van der Waals surface area contributed by atoms with Gasteiger partial charge in [0.25, 0.3) is 0 Å². The number of rotatable bonds is 5. The first-order chi connectivity index (χ1) is 7.69. The molecule has 1 saturated heterocycles. The number of nitrogens with zero attached hydrogens (tertiary/aromatic N) is 1. The average molecular weight is 228 g/mol. The van der Waals surface area contributed by atoms with Gasteiger partial charge in [0.15, 0.2) is 0 Å². The van der Waals surface area contributed by atoms with Crippen LogP contribution in [0.3, 0.4) is 0 Å². The molecule has 0 aromatic carbocycles. The molecule has 0 saturated carbocycles. The normalized spacial score (nSPS) is 25.4. The highest BCUT2D eigenvalue weighted by atomic mass is 16.5. The first-order valence-electron chi connectivity index (χ1n) is 6.20. The maximum absolute atomic E-state index is 12.2. The Bertz CT molecular complexity index is 221. The van der Waals surface area contributed by atoms with Crippen LogP contribution in [0.5, 0.6) is 0 Å². The predicted molar refractivity (Wildman–Crippen MR) is 64.3 cm³/mol. The molecule has 1 rings (SSSR count). The summed E-state index contributed by atoms with van der Waals surface area (Å²) in [7, 11) is 1.67. The van der Waals surface area contributed by atoms with Crippen LogP contribution in [0.25, 0.3) is 0 Å². The van der Waals surface area contributed by atoms with Crippen molar-refractivity contribution in [2.24, 2.45) is 5.92 Å². The van der Waals surface area contributed by atoms with E-state index < -0.39 is 0 Å². The van der Waals surface area contributed by atoms with E-state index in [-0.39, 0.29) is 5.92 Å². The number of hydrogen-bond acceptors (Lipinski definition) is 3. The minimum Gasteiger partial charge on any atom is -0.383 e. The Balaban J connectivity index is 2.46. The molecule has 1 aliphatic heterocycles. The van der Waals surface area contributed by atoms with Gasteiger partial charge in [-0.05, 0) is 33.2 Å². The second-order valence-electron chi connectivity index (χ2n) is 4.49. The second-order valence-corrected chi connectivity index (χ2v) is 4.49. The average Bonchev–Trinajstić information content (AvgIpc) is 2.29. The van der Waals surface area contributed by atoms with Gasteiger partial charge in [-0.3, -0.25) is 4.79 Å². The zero-order chi connectivity index (χ0) is 12.0. The third-order valence-electron chi connectivity index (χ3n) is 3.23. The van der Waals surface area contributed by atoms with Crippen molar-refractivity contribution in [1.82, 2.24) is 10.2 Å². The largest absolute Gasteiger partial charge is 0.383 e. The molecule has 16 heavy (non-hydrogen) atoms. The maximum Gasteiger partial charge on any atom is 0.225 e. The van der Waals surface area contributed by atoms with E-state index in [4.69, 9.17) is 4.74 Å². The number of carbonyl (C=O) groups excluding carboxylic acids is 1. The Labute approximate surface area is 98.3 Å². The number of hydrogen-bond donors (Lipinski definition) is 1. The summed E-state index contributed by atoms with van der Waals surface area (Å²) in [6, 6.07) is 0.462. The summed E-state index contributed by atoms with van der Waals surface area (Å²) in [5.41, 5.74) is 0. The van der Waals surface area contributed by atoms with Gasteiger partial charge in [-0.15, -0.1) is 0 Å². The van der Waals surface area contributed by atoms with Crippen LogP contribution in [0.15, 0.2) is 0 Å². The van der Waals surface area contributed by atoms with Gasteiger partial charge >= 0.3 is 0 Å². The summed E-state index contributed by atoms with van der Waals surface area (Å²) in [6.07, 6.45) is 1.93. The zero-order valence-corrected chi connectivity index (χ0v) is 10.7. The van der Waals surface area contributed by atoms with E-state index in [9.17, 15) is 4.79 Å². The first-order valence-corrected chi connectivity index (χ1v) is 6.20. The lowest BCUT2D eigenvalue weighted by Crippen LogP contribution is -2.45. The first kappa shape index (κ1) is 13.5. The fourth-order valence-corrected chi connectivity index (χ4v) is 2.24. The summed E-state index contributed by atoms with van der Waals surface area (Å²) in [5, 5.41) is 3.37. The third-order valence-corrected chi connectivity index (χ3v) is 3.23. The van der Waals surface area contributed by atoms with Crippen molar-refractivity contribution in [2.75, 3.05) is 33.4 Å². The van der Waals surface area contributed by atoms with Crippen molar-refractivity contribution < 1.29 is 9.53 Å². The monoisotopic (exact) mass is 228 g/mol. The Morgan fingerprint density at radius 3 is 2.88 bits per heavy atom. The van der Waals surface area contributed by atoms with E-state index in [2.05, 4.69) is 12.2 Å². The highest BCUT2D eigenvalue weighted by Crippen LogP contribution is 2.18. The molecule has 2 atom stereocenters. The van der Waals surface area contributed by atoms with Crippen LogP contribution in [0, 0.1) is 5.92 Å². The van der Waals surface area contributed by atoms with Gasteiger partial charge < -0.3 is 15.0 Å². The van der Waals surface area contributed by atoms with Gasteiger partial charge in [-0.2, -0.15) is 0 Å². The zero-order valence-electron chi connectivity index (χ0n) is 10.7. The molecule has 4 heteroatoms. The second kappa shape index (κ2) is 6.86. The fraction of sp³-hybridized carbons (Fsp3) is 0.917. The number of ether oxygens (including phenoxy) is 1. The van der Waals surface area contributed by atoms with Crippen LogP contribution >= 0.6 is 0 Å². The molecule has 0 spiro atoms. The number of likely N-dealkylation sites (N-methyl/N-ethyl adjacent to an activating group) is 1. The van der Waals surface area contributed by atoms with Gasteiger partial charge in [0.05, 0.1) is 6.61 Å². The smallest absolute Gasteiger partial charge is 0.225 e. The van der Waals surface area contributed by atoms with Crippen LogP contribution < -0.4 is 5.32 Å². The Morgan fingerprint density at radius 2 is 2.31 bits per heavy atom. The van der Waals surface area contributed by atoms with Gasteiger partial charge in [-0.1, -0.05) is 0 Å². The van der Waals surface area contributed by atoms with Crippen LogP contribution in [0.4, 0.5) is 0 Å². The van der Waals surface area contributed by atoms with Crippen molar-refractivity contribution in [2.45, 2.75) is 32.7 Å². The molecule has 0 bridgehead atoms. The van der Waals surface area contributed by atoms with E-state index in [1.807, 2.05) is 11.8 Å². The molecule has 0 aromatic rings. The van der Waals surface area contributed by atoms with E-state index in [1.54, 1.807) is 7.11 Å². The van der Waals surface area contributed by atoms with Crippen LogP contribution in [0.2, 0.25) is 0 Å². The Kier molecular flexibility index (Phi) is 5.77. The molecule has 1 heterocycles. The van der Waals surface area contributed by atoms with Gasteiger partial charge in [0.2, 0.25) is 5.91 Å². The third kappa shape index (κ3) is 3.76. The topological polar surface area (TPSA) is 41.6 Å². The molecular formula is C12H24N2O2. The summed E-state index contributed by atoms with van der Waals surface area (Å²) < 4.78 is 5.03. The van der Waals surface area contributed by atoms with E-state index >= 15 is 0 Å². The van der Waals surface area contributed by atoms with Crippen LogP contribution in [-0.4, -0.2) is 50.2 Å². The molecular weight excluding hydrogens is 204 g/mol. The molecule has 0 aliphatic carbocycles. The van der Waals surface area contributed by atoms with Crippen LogP contribution in [0.1, 0.15) is 26.7 Å². The summed E-state index contributed by atoms with van der Waals surface area (Å²) in [5.74, 6) is 0.501. The summed E-state index contributed by atoms with van der Waals surface area (Å²) >= 11 is 0. The Morgan fingerprint density at radius 1 is 1.56 bits per heavy atom. The highest BCUT2D eigenvalue weighted by molar-refractivity contribution is 5.79. The number of nitrogens with one attached hydrogen (secondary N) is 1. The fourth-order valence-electron chi connectivity index (χ4n) is 2.24. The lowest BCUT2D eigenvalue weighted by molar-refractivity contribution is -0.137. The molecule has 4 nitrogen and oxygen atoms in total. The molecule has 94 valence electrons. The van der Waals surface area contributed by atoms with Gasteiger partial charge in [-0.25, -0.2) is 0 Å². The number of amides is 1. The summed E-state index contributed by atoms with van der Waals surface area (Å²) in [6.45, 7) is 7.24. The van der Waals surface area contributed by atoms with Crippen molar-refractivity contribution in [1.29, 1.82) is 0 Å². The van der Waals surface area contributed by atoms with E-state index in [1.165, 1.54) is 0 Å². The SMILES string of the molecule is CCN(CCOC)C(=O)C1CCNC(C)C1. The molecule has 1 fully saturated rings. The molecule has 1 aliphatic rings. The Hall–Kier alpha value is -0.610. The number of carbonyl (C=O) groups is 1. The molecule has 0 radical (unpaired) electrons. The van der Waals surface area contributed by atoms with Crippen molar-refractivity contribution in [3.63, 3.8) is 0 Å². The predicted octanol–water partition coefficient (Wildman–Crippen LogP) is 0.869. The van der Waals surface area contributed by atoms with Gasteiger partial charge in [0, 0.05) is 32.2 Å². The van der Waals surface area contributed by atoms with E-state index in [0.717, 1.165) is 25.9 Å². The minimum absolute atomic E-state index is 0.202. The van der Waals surface area contributed by atoms with E-state index in [0.29, 0.717) is 25.1 Å². The molecule has 1 N–H and O–H groups in total. The lowest BCUT2D eigenvalue weighted by Gasteiger charge is -2.31.